The summed E-state index contributed by atoms with van der Waals surface area (Å²) in [6.45, 7) is 3.72. The molecule has 4 nitrogen and oxygen atoms in total. The van der Waals surface area contributed by atoms with Crippen molar-refractivity contribution in [3.63, 3.8) is 0 Å². The second-order valence-corrected chi connectivity index (χ2v) is 7.11. The first-order chi connectivity index (χ1) is 12.0. The van der Waals surface area contributed by atoms with Crippen LogP contribution in [-0.2, 0) is 12.8 Å². The zero-order valence-corrected chi connectivity index (χ0v) is 14.3. The lowest BCUT2D eigenvalue weighted by molar-refractivity contribution is 0.0689. The number of halogens is 2. The number of nitrogens with zero attached hydrogens (tertiary/aromatic N) is 3. The Bertz CT molecular complexity index is 822. The van der Waals surface area contributed by atoms with Crippen molar-refractivity contribution in [3.05, 3.63) is 46.8 Å². The van der Waals surface area contributed by atoms with Crippen molar-refractivity contribution >= 4 is 5.91 Å². The van der Waals surface area contributed by atoms with E-state index in [-0.39, 0.29) is 5.91 Å². The van der Waals surface area contributed by atoms with Gasteiger partial charge in [-0.05, 0) is 50.2 Å². The van der Waals surface area contributed by atoms with Gasteiger partial charge in [-0.1, -0.05) is 6.92 Å². The van der Waals surface area contributed by atoms with Crippen molar-refractivity contribution in [2.45, 2.75) is 39.0 Å². The van der Waals surface area contributed by atoms with Gasteiger partial charge in [0.1, 0.15) is 0 Å². The molecule has 25 heavy (non-hydrogen) atoms. The van der Waals surface area contributed by atoms with Crippen LogP contribution in [0.25, 0.3) is 5.69 Å². The molecule has 0 saturated carbocycles. The minimum Gasteiger partial charge on any atom is -0.337 e. The zero-order valence-electron chi connectivity index (χ0n) is 14.3. The van der Waals surface area contributed by atoms with E-state index in [9.17, 15) is 13.6 Å². The molecule has 0 bridgehead atoms. The van der Waals surface area contributed by atoms with Gasteiger partial charge in [0, 0.05) is 30.4 Å². The molecular weight excluding hydrogens is 324 g/mol. The SMILES string of the molecule is CC1CCN(C(=O)c2nn(-c3ccc(F)c(F)c3)c3c2CCC3)CC1. The number of benzene rings is 1. The highest BCUT2D eigenvalue weighted by Crippen LogP contribution is 2.30. The van der Waals surface area contributed by atoms with Crippen LogP contribution in [-0.4, -0.2) is 33.7 Å². The Labute approximate surface area is 145 Å². The van der Waals surface area contributed by atoms with Gasteiger partial charge in [0.05, 0.1) is 5.69 Å². The standard InChI is InChI=1S/C19H21F2N3O/c1-12-7-9-23(10-8-12)19(25)18-14-3-2-4-17(14)24(22-18)13-5-6-15(20)16(21)11-13/h5-6,11-12H,2-4,7-10H2,1H3. The van der Waals surface area contributed by atoms with Crippen molar-refractivity contribution in [1.29, 1.82) is 0 Å². The molecule has 1 aliphatic heterocycles. The molecule has 0 atom stereocenters. The van der Waals surface area contributed by atoms with Gasteiger partial charge >= 0.3 is 0 Å². The summed E-state index contributed by atoms with van der Waals surface area (Å²) in [4.78, 5) is 14.8. The molecule has 4 rings (SSSR count). The van der Waals surface area contributed by atoms with Gasteiger partial charge in [0.25, 0.3) is 5.91 Å². The minimum atomic E-state index is -0.905. The molecule has 1 saturated heterocycles. The van der Waals surface area contributed by atoms with E-state index in [0.717, 1.165) is 68.6 Å². The third-order valence-corrected chi connectivity index (χ3v) is 5.35. The molecule has 1 fully saturated rings. The van der Waals surface area contributed by atoms with Gasteiger partial charge in [-0.2, -0.15) is 5.10 Å². The lowest BCUT2D eigenvalue weighted by Crippen LogP contribution is -2.38. The normalized spacial score (nSPS) is 17.8. The smallest absolute Gasteiger partial charge is 0.274 e. The molecule has 132 valence electrons. The molecule has 0 radical (unpaired) electrons. The number of carbonyl (C=O) groups excluding carboxylic acids is 1. The maximum Gasteiger partial charge on any atom is 0.274 e. The van der Waals surface area contributed by atoms with Crippen molar-refractivity contribution in [2.75, 3.05) is 13.1 Å². The molecule has 1 aromatic heterocycles. The number of carbonyl (C=O) groups is 1. The first-order valence-electron chi connectivity index (χ1n) is 8.90. The number of rotatable bonds is 2. The molecule has 1 aromatic carbocycles. The van der Waals surface area contributed by atoms with Crippen LogP contribution in [0, 0.1) is 17.6 Å². The van der Waals surface area contributed by atoms with E-state index in [2.05, 4.69) is 12.0 Å². The monoisotopic (exact) mass is 345 g/mol. The summed E-state index contributed by atoms with van der Waals surface area (Å²) >= 11 is 0. The average molecular weight is 345 g/mol. The van der Waals surface area contributed by atoms with Crippen LogP contribution in [0.4, 0.5) is 8.78 Å². The number of hydrogen-bond acceptors (Lipinski definition) is 2. The fraction of sp³-hybridized carbons (Fsp3) is 0.474. The first-order valence-corrected chi connectivity index (χ1v) is 8.90. The van der Waals surface area contributed by atoms with Crippen LogP contribution < -0.4 is 0 Å². The topological polar surface area (TPSA) is 38.1 Å². The Morgan fingerprint density at radius 2 is 1.92 bits per heavy atom. The van der Waals surface area contributed by atoms with Crippen LogP contribution >= 0.6 is 0 Å². The summed E-state index contributed by atoms with van der Waals surface area (Å²) in [6.07, 6.45) is 4.58. The van der Waals surface area contributed by atoms with Crippen LogP contribution in [0.1, 0.15) is 47.9 Å². The van der Waals surface area contributed by atoms with Crippen LogP contribution in [0.5, 0.6) is 0 Å². The average Bonchev–Trinajstić information content (AvgIpc) is 3.20. The summed E-state index contributed by atoms with van der Waals surface area (Å²) in [5.41, 5.74) is 2.85. The largest absolute Gasteiger partial charge is 0.337 e. The van der Waals surface area contributed by atoms with E-state index >= 15 is 0 Å². The van der Waals surface area contributed by atoms with E-state index in [1.165, 1.54) is 6.07 Å². The highest BCUT2D eigenvalue weighted by molar-refractivity contribution is 5.94. The Balaban J connectivity index is 1.70. The molecule has 0 N–H and O–H groups in total. The second-order valence-electron chi connectivity index (χ2n) is 7.11. The van der Waals surface area contributed by atoms with E-state index in [4.69, 9.17) is 0 Å². The lowest BCUT2D eigenvalue weighted by atomic mass is 9.99. The molecule has 6 heteroatoms. The molecule has 0 unspecified atom stereocenters. The van der Waals surface area contributed by atoms with Crippen molar-refractivity contribution < 1.29 is 13.6 Å². The quantitative estimate of drug-likeness (QED) is 0.835. The van der Waals surface area contributed by atoms with Crippen LogP contribution in [0.2, 0.25) is 0 Å². The zero-order chi connectivity index (χ0) is 17.6. The van der Waals surface area contributed by atoms with E-state index in [1.54, 1.807) is 4.68 Å². The Morgan fingerprint density at radius 3 is 2.64 bits per heavy atom. The summed E-state index contributed by atoms with van der Waals surface area (Å²) in [5.74, 6) is -1.18. The van der Waals surface area contributed by atoms with Crippen molar-refractivity contribution in [1.82, 2.24) is 14.7 Å². The number of aromatic nitrogens is 2. The molecule has 2 aromatic rings. The highest BCUT2D eigenvalue weighted by atomic mass is 19.2. The van der Waals surface area contributed by atoms with Crippen LogP contribution in [0.3, 0.4) is 0 Å². The van der Waals surface area contributed by atoms with Crippen LogP contribution in [0.15, 0.2) is 18.2 Å². The second kappa shape index (κ2) is 6.24. The molecule has 0 spiro atoms. The fourth-order valence-corrected chi connectivity index (χ4v) is 3.80. The third-order valence-electron chi connectivity index (χ3n) is 5.35. The summed E-state index contributed by atoms with van der Waals surface area (Å²) < 4.78 is 28.5. The fourth-order valence-electron chi connectivity index (χ4n) is 3.80. The van der Waals surface area contributed by atoms with Gasteiger partial charge in [0.15, 0.2) is 17.3 Å². The van der Waals surface area contributed by atoms with Gasteiger partial charge < -0.3 is 4.90 Å². The van der Waals surface area contributed by atoms with E-state index < -0.39 is 11.6 Å². The minimum absolute atomic E-state index is 0.0358. The van der Waals surface area contributed by atoms with Gasteiger partial charge in [-0.25, -0.2) is 13.5 Å². The Hall–Kier alpha value is -2.24. The number of hydrogen-bond donors (Lipinski definition) is 0. The summed E-state index contributed by atoms with van der Waals surface area (Å²) in [5, 5.41) is 4.50. The highest BCUT2D eigenvalue weighted by Gasteiger charge is 2.31. The molecule has 1 amide bonds. The van der Waals surface area contributed by atoms with Crippen molar-refractivity contribution in [2.24, 2.45) is 5.92 Å². The Morgan fingerprint density at radius 1 is 1.16 bits per heavy atom. The van der Waals surface area contributed by atoms with Crippen molar-refractivity contribution in [3.8, 4) is 5.69 Å². The summed E-state index contributed by atoms with van der Waals surface area (Å²) in [7, 11) is 0. The lowest BCUT2D eigenvalue weighted by Gasteiger charge is -2.29. The molecule has 2 heterocycles. The van der Waals surface area contributed by atoms with Gasteiger partial charge in [0.2, 0.25) is 0 Å². The molecule has 2 aliphatic rings. The maximum atomic E-state index is 13.6. The number of piperidine rings is 1. The summed E-state index contributed by atoms with van der Waals surface area (Å²) in [6, 6.07) is 3.74. The third kappa shape index (κ3) is 2.83. The molecule has 1 aliphatic carbocycles. The maximum absolute atomic E-state index is 13.6. The number of amides is 1. The number of likely N-dealkylation sites (tertiary alicyclic amines) is 1. The predicted molar refractivity (Wildman–Crippen MR) is 89.8 cm³/mol. The van der Waals surface area contributed by atoms with E-state index in [0.29, 0.717) is 17.3 Å². The van der Waals surface area contributed by atoms with E-state index in [1.807, 2.05) is 4.90 Å². The van der Waals surface area contributed by atoms with Gasteiger partial charge in [-0.15, -0.1) is 0 Å². The predicted octanol–water partition coefficient (Wildman–Crippen LogP) is 3.51. The van der Waals surface area contributed by atoms with Gasteiger partial charge in [-0.3, -0.25) is 4.79 Å². The first kappa shape index (κ1) is 16.2. The Kier molecular flexibility index (Phi) is 4.06. The number of fused-ring (bicyclic) bond motifs is 1. The molecular formula is C19H21F2N3O.